The number of nitrogen functional groups attached to an aromatic ring is 1. The maximum absolute atomic E-state index is 11.8. The summed E-state index contributed by atoms with van der Waals surface area (Å²) in [5.74, 6) is -0.971. The van der Waals surface area contributed by atoms with E-state index < -0.39 is 11.9 Å². The molecule has 0 unspecified atom stereocenters. The number of hydrogen-bond donors (Lipinski definition) is 1. The SMILES string of the molecule is CCCCOC(=O)c1sc(N)c(C(=O)OC)c1C. The Kier molecular flexibility index (Phi) is 5.15. The number of ether oxygens (including phenoxy) is 2. The van der Waals surface area contributed by atoms with Crippen LogP contribution in [0.2, 0.25) is 0 Å². The van der Waals surface area contributed by atoms with Crippen LogP contribution in [0.1, 0.15) is 45.4 Å². The number of rotatable bonds is 5. The molecule has 2 N–H and O–H groups in total. The molecule has 0 radical (unpaired) electrons. The van der Waals surface area contributed by atoms with Crippen molar-refractivity contribution in [1.82, 2.24) is 0 Å². The minimum atomic E-state index is -0.533. The molecule has 0 atom stereocenters. The Bertz CT molecular complexity index is 453. The predicted molar refractivity (Wildman–Crippen MR) is 70.0 cm³/mol. The molecular weight excluding hydrogens is 254 g/mol. The fourth-order valence-electron chi connectivity index (χ4n) is 1.46. The Morgan fingerprint density at radius 1 is 1.33 bits per heavy atom. The number of carbonyl (C=O) groups excluding carboxylic acids is 2. The highest BCUT2D eigenvalue weighted by Gasteiger charge is 2.24. The fraction of sp³-hybridized carbons (Fsp3) is 0.500. The highest BCUT2D eigenvalue weighted by atomic mass is 32.1. The lowest BCUT2D eigenvalue weighted by molar-refractivity contribution is 0.0505. The maximum atomic E-state index is 11.8. The molecule has 6 heteroatoms. The van der Waals surface area contributed by atoms with Crippen molar-refractivity contribution in [2.45, 2.75) is 26.7 Å². The average Bonchev–Trinajstić information content (AvgIpc) is 2.64. The molecule has 5 nitrogen and oxygen atoms in total. The second-order valence-electron chi connectivity index (χ2n) is 3.78. The van der Waals surface area contributed by atoms with Gasteiger partial charge < -0.3 is 15.2 Å². The van der Waals surface area contributed by atoms with E-state index in [1.807, 2.05) is 6.92 Å². The van der Waals surface area contributed by atoms with Crippen LogP contribution in [0.15, 0.2) is 0 Å². The smallest absolute Gasteiger partial charge is 0.348 e. The van der Waals surface area contributed by atoms with Gasteiger partial charge in [-0.15, -0.1) is 11.3 Å². The number of nitrogens with two attached hydrogens (primary N) is 1. The van der Waals surface area contributed by atoms with E-state index in [2.05, 4.69) is 4.74 Å². The Labute approximate surface area is 110 Å². The first-order valence-corrected chi connectivity index (χ1v) is 6.48. The first-order valence-electron chi connectivity index (χ1n) is 5.67. The fourth-order valence-corrected chi connectivity index (χ4v) is 2.42. The molecule has 100 valence electrons. The van der Waals surface area contributed by atoms with Crippen molar-refractivity contribution in [2.24, 2.45) is 0 Å². The number of esters is 2. The van der Waals surface area contributed by atoms with Gasteiger partial charge in [-0.3, -0.25) is 0 Å². The van der Waals surface area contributed by atoms with Gasteiger partial charge in [-0.1, -0.05) is 13.3 Å². The minimum Gasteiger partial charge on any atom is -0.465 e. The lowest BCUT2D eigenvalue weighted by Gasteiger charge is -2.03. The third-order valence-corrected chi connectivity index (χ3v) is 3.58. The normalized spacial score (nSPS) is 10.2. The van der Waals surface area contributed by atoms with Gasteiger partial charge in [-0.05, 0) is 18.9 Å². The van der Waals surface area contributed by atoms with Gasteiger partial charge in [0, 0.05) is 0 Å². The number of methoxy groups -OCH3 is 1. The second-order valence-corrected chi connectivity index (χ2v) is 4.83. The molecule has 0 aliphatic heterocycles. The first kappa shape index (κ1) is 14.5. The van der Waals surface area contributed by atoms with Gasteiger partial charge in [-0.2, -0.15) is 0 Å². The van der Waals surface area contributed by atoms with Crippen LogP contribution in [0.3, 0.4) is 0 Å². The molecule has 1 aromatic heterocycles. The van der Waals surface area contributed by atoms with Gasteiger partial charge in [0.2, 0.25) is 0 Å². The first-order chi connectivity index (χ1) is 8.52. The summed E-state index contributed by atoms with van der Waals surface area (Å²) in [5.41, 5.74) is 6.50. The highest BCUT2D eigenvalue weighted by molar-refractivity contribution is 7.18. The van der Waals surface area contributed by atoms with Crippen molar-refractivity contribution in [3.63, 3.8) is 0 Å². The number of carbonyl (C=O) groups is 2. The summed E-state index contributed by atoms with van der Waals surface area (Å²) in [6.07, 6.45) is 1.77. The number of unbranched alkanes of at least 4 members (excludes halogenated alkanes) is 1. The summed E-state index contributed by atoms with van der Waals surface area (Å²) in [6.45, 7) is 4.05. The Hall–Kier alpha value is -1.56. The molecule has 0 fully saturated rings. The summed E-state index contributed by atoms with van der Waals surface area (Å²) < 4.78 is 9.72. The molecular formula is C12H17NO4S. The van der Waals surface area contributed by atoms with E-state index in [-0.39, 0.29) is 10.6 Å². The predicted octanol–water partition coefficient (Wildman–Crippen LogP) is 2.38. The zero-order chi connectivity index (χ0) is 13.7. The van der Waals surface area contributed by atoms with Crippen molar-refractivity contribution in [1.29, 1.82) is 0 Å². The molecule has 0 saturated heterocycles. The van der Waals surface area contributed by atoms with Crippen LogP contribution in [-0.4, -0.2) is 25.7 Å². The molecule has 0 bridgehead atoms. The topological polar surface area (TPSA) is 78.6 Å². The van der Waals surface area contributed by atoms with Crippen molar-refractivity contribution in [3.8, 4) is 0 Å². The summed E-state index contributed by atoms with van der Waals surface area (Å²) in [7, 11) is 1.28. The summed E-state index contributed by atoms with van der Waals surface area (Å²) in [4.78, 5) is 23.7. The van der Waals surface area contributed by atoms with E-state index in [4.69, 9.17) is 10.5 Å². The molecule has 1 rings (SSSR count). The Balaban J connectivity index is 2.91. The van der Waals surface area contributed by atoms with Crippen molar-refractivity contribution < 1.29 is 19.1 Å². The van der Waals surface area contributed by atoms with Crippen LogP contribution in [0.5, 0.6) is 0 Å². The second kappa shape index (κ2) is 6.39. The van der Waals surface area contributed by atoms with E-state index in [1.165, 1.54) is 7.11 Å². The standard InChI is InChI=1S/C12H17NO4S/c1-4-5-6-17-12(15)9-7(2)8(10(13)18-9)11(14)16-3/h4-6,13H2,1-3H3. The lowest BCUT2D eigenvalue weighted by Crippen LogP contribution is -2.08. The molecule has 1 heterocycles. The number of thiophene rings is 1. The van der Waals surface area contributed by atoms with E-state index in [0.29, 0.717) is 17.0 Å². The van der Waals surface area contributed by atoms with E-state index in [9.17, 15) is 9.59 Å². The summed E-state index contributed by atoms with van der Waals surface area (Å²) in [5, 5.41) is 0.279. The van der Waals surface area contributed by atoms with Gasteiger partial charge in [-0.25, -0.2) is 9.59 Å². The number of hydrogen-bond acceptors (Lipinski definition) is 6. The molecule has 0 saturated carbocycles. The third kappa shape index (κ3) is 3.01. The third-order valence-electron chi connectivity index (χ3n) is 2.48. The van der Waals surface area contributed by atoms with E-state index >= 15 is 0 Å². The van der Waals surface area contributed by atoms with Gasteiger partial charge in [0.25, 0.3) is 0 Å². The lowest BCUT2D eigenvalue weighted by atomic mass is 10.1. The quantitative estimate of drug-likeness (QED) is 0.657. The summed E-state index contributed by atoms with van der Waals surface area (Å²) >= 11 is 1.05. The van der Waals surface area contributed by atoms with Crippen LogP contribution in [-0.2, 0) is 9.47 Å². The zero-order valence-corrected chi connectivity index (χ0v) is 11.6. The van der Waals surface area contributed by atoms with Gasteiger partial charge in [0.15, 0.2) is 0 Å². The Morgan fingerprint density at radius 3 is 2.56 bits per heavy atom. The molecule has 0 amide bonds. The molecule has 0 aliphatic carbocycles. The molecule has 0 spiro atoms. The van der Waals surface area contributed by atoms with E-state index in [1.54, 1.807) is 6.92 Å². The van der Waals surface area contributed by atoms with Crippen LogP contribution >= 0.6 is 11.3 Å². The van der Waals surface area contributed by atoms with Gasteiger partial charge in [0.1, 0.15) is 9.88 Å². The largest absolute Gasteiger partial charge is 0.465 e. The van der Waals surface area contributed by atoms with Crippen molar-refractivity contribution in [3.05, 3.63) is 16.0 Å². The van der Waals surface area contributed by atoms with Gasteiger partial charge >= 0.3 is 11.9 Å². The highest BCUT2D eigenvalue weighted by Crippen LogP contribution is 2.31. The van der Waals surface area contributed by atoms with Gasteiger partial charge in [0.05, 0.1) is 19.3 Å². The summed E-state index contributed by atoms with van der Waals surface area (Å²) in [6, 6.07) is 0. The average molecular weight is 271 g/mol. The van der Waals surface area contributed by atoms with Crippen molar-refractivity contribution >= 4 is 28.3 Å². The van der Waals surface area contributed by atoms with Crippen LogP contribution in [0.4, 0.5) is 5.00 Å². The molecule has 18 heavy (non-hydrogen) atoms. The van der Waals surface area contributed by atoms with E-state index in [0.717, 1.165) is 24.2 Å². The monoisotopic (exact) mass is 271 g/mol. The van der Waals surface area contributed by atoms with Crippen LogP contribution in [0.25, 0.3) is 0 Å². The molecule has 0 aromatic carbocycles. The number of anilines is 1. The van der Waals surface area contributed by atoms with Crippen LogP contribution < -0.4 is 5.73 Å². The molecule has 0 aliphatic rings. The zero-order valence-electron chi connectivity index (χ0n) is 10.7. The van der Waals surface area contributed by atoms with Crippen LogP contribution in [0, 0.1) is 6.92 Å². The Morgan fingerprint density at radius 2 is 2.00 bits per heavy atom. The minimum absolute atomic E-state index is 0.255. The van der Waals surface area contributed by atoms with Crippen molar-refractivity contribution in [2.75, 3.05) is 19.5 Å². The maximum Gasteiger partial charge on any atom is 0.348 e. The molecule has 1 aromatic rings.